The molecule has 0 radical (unpaired) electrons. The largest absolute Gasteiger partial charge is 0.481 e. The molecule has 0 bridgehead atoms. The fourth-order valence-corrected chi connectivity index (χ4v) is 2.58. The average Bonchev–Trinajstić information content (AvgIpc) is 3.01. The summed E-state index contributed by atoms with van der Waals surface area (Å²) < 4.78 is 19.4. The molecule has 1 N–H and O–H groups in total. The predicted molar refractivity (Wildman–Crippen MR) is 91.5 cm³/mol. The average molecular weight is 347 g/mol. The van der Waals surface area contributed by atoms with E-state index in [9.17, 15) is 14.0 Å². The Morgan fingerprint density at radius 1 is 1.16 bits per heavy atom. The minimum absolute atomic E-state index is 0.0718. The summed E-state index contributed by atoms with van der Waals surface area (Å²) in [5, 5.41) is 8.78. The van der Waals surface area contributed by atoms with Crippen molar-refractivity contribution >= 4 is 11.9 Å². The number of carboxylic acids is 1. The van der Waals surface area contributed by atoms with Gasteiger partial charge in [-0.05, 0) is 38.1 Å². The molecule has 0 atom stereocenters. The summed E-state index contributed by atoms with van der Waals surface area (Å²) in [4.78, 5) is 24.6. The number of rotatable bonds is 8. The first kappa shape index (κ1) is 18.7. The summed E-state index contributed by atoms with van der Waals surface area (Å²) in [7, 11) is 0. The van der Waals surface area contributed by atoms with E-state index in [0.29, 0.717) is 23.5 Å². The summed E-state index contributed by atoms with van der Waals surface area (Å²) in [6.07, 6.45) is 0.508. The number of hydrogen-bond donors (Lipinski definition) is 1. The van der Waals surface area contributed by atoms with Crippen LogP contribution in [-0.4, -0.2) is 34.5 Å². The number of amides is 1. The summed E-state index contributed by atoms with van der Waals surface area (Å²) >= 11 is 0. The van der Waals surface area contributed by atoms with E-state index in [-0.39, 0.29) is 37.2 Å². The van der Waals surface area contributed by atoms with E-state index in [1.807, 2.05) is 13.8 Å². The zero-order chi connectivity index (χ0) is 18.4. The van der Waals surface area contributed by atoms with Crippen molar-refractivity contribution in [2.75, 3.05) is 6.54 Å². The number of benzene rings is 1. The molecular formula is C19H22FNO4. The molecule has 1 amide bonds. The van der Waals surface area contributed by atoms with Crippen LogP contribution < -0.4 is 0 Å². The number of aliphatic carboxylic acids is 1. The van der Waals surface area contributed by atoms with Crippen molar-refractivity contribution in [3.8, 4) is 11.3 Å². The zero-order valence-corrected chi connectivity index (χ0v) is 14.4. The van der Waals surface area contributed by atoms with Crippen molar-refractivity contribution in [2.45, 2.75) is 39.2 Å². The van der Waals surface area contributed by atoms with Crippen LogP contribution in [-0.2, 0) is 16.0 Å². The van der Waals surface area contributed by atoms with Crippen molar-refractivity contribution < 1.29 is 23.5 Å². The van der Waals surface area contributed by atoms with Crippen LogP contribution in [0.2, 0.25) is 0 Å². The van der Waals surface area contributed by atoms with Gasteiger partial charge in [0.25, 0.3) is 0 Å². The second-order valence-electron chi connectivity index (χ2n) is 6.07. The maximum Gasteiger partial charge on any atom is 0.305 e. The van der Waals surface area contributed by atoms with Gasteiger partial charge in [-0.1, -0.05) is 12.1 Å². The molecule has 2 rings (SSSR count). The molecule has 5 nitrogen and oxygen atoms in total. The molecule has 1 aromatic carbocycles. The second kappa shape index (κ2) is 8.46. The van der Waals surface area contributed by atoms with Crippen molar-refractivity contribution in [3.05, 3.63) is 48.0 Å². The Hall–Kier alpha value is -2.63. The van der Waals surface area contributed by atoms with Gasteiger partial charge in [0, 0.05) is 25.4 Å². The summed E-state index contributed by atoms with van der Waals surface area (Å²) in [6.45, 7) is 3.89. The first-order chi connectivity index (χ1) is 11.9. The third-order valence-corrected chi connectivity index (χ3v) is 3.90. The Bertz CT molecular complexity index is 739. The zero-order valence-electron chi connectivity index (χ0n) is 14.4. The van der Waals surface area contributed by atoms with Crippen LogP contribution in [0.25, 0.3) is 11.3 Å². The lowest BCUT2D eigenvalue weighted by Crippen LogP contribution is -2.38. The lowest BCUT2D eigenvalue weighted by atomic mass is 10.1. The Balaban J connectivity index is 1.97. The minimum Gasteiger partial charge on any atom is -0.481 e. The first-order valence-electron chi connectivity index (χ1n) is 8.23. The van der Waals surface area contributed by atoms with E-state index in [1.165, 1.54) is 6.07 Å². The Morgan fingerprint density at radius 3 is 2.52 bits per heavy atom. The molecule has 0 unspecified atom stereocenters. The number of carbonyl (C=O) groups is 2. The minimum atomic E-state index is -0.931. The van der Waals surface area contributed by atoms with Gasteiger partial charge < -0.3 is 14.4 Å². The Morgan fingerprint density at radius 2 is 1.88 bits per heavy atom. The van der Waals surface area contributed by atoms with Crippen molar-refractivity contribution in [3.63, 3.8) is 0 Å². The molecule has 0 aliphatic heterocycles. The highest BCUT2D eigenvalue weighted by atomic mass is 19.1. The molecule has 1 aromatic heterocycles. The molecule has 1 heterocycles. The lowest BCUT2D eigenvalue weighted by molar-refractivity contribution is -0.139. The maximum absolute atomic E-state index is 13.8. The topological polar surface area (TPSA) is 70.8 Å². The van der Waals surface area contributed by atoms with Crippen LogP contribution in [0.1, 0.15) is 32.4 Å². The molecule has 0 aliphatic carbocycles. The van der Waals surface area contributed by atoms with Gasteiger partial charge in [-0.15, -0.1) is 0 Å². The van der Waals surface area contributed by atoms with Gasteiger partial charge in [0.1, 0.15) is 17.3 Å². The van der Waals surface area contributed by atoms with E-state index in [0.717, 1.165) is 0 Å². The molecule has 0 fully saturated rings. The van der Waals surface area contributed by atoms with Crippen LogP contribution >= 0.6 is 0 Å². The van der Waals surface area contributed by atoms with E-state index < -0.39 is 5.97 Å². The number of carbonyl (C=O) groups excluding carboxylic acids is 1. The third-order valence-electron chi connectivity index (χ3n) is 3.90. The van der Waals surface area contributed by atoms with Gasteiger partial charge in [-0.3, -0.25) is 9.59 Å². The van der Waals surface area contributed by atoms with Crippen molar-refractivity contribution in [1.82, 2.24) is 4.90 Å². The van der Waals surface area contributed by atoms with Crippen LogP contribution in [0.3, 0.4) is 0 Å². The number of nitrogens with zero attached hydrogens (tertiary/aromatic N) is 1. The van der Waals surface area contributed by atoms with Crippen LogP contribution in [0, 0.1) is 5.82 Å². The Labute approximate surface area is 146 Å². The number of aryl methyl sites for hydroxylation is 1. The van der Waals surface area contributed by atoms with Crippen molar-refractivity contribution in [1.29, 1.82) is 0 Å². The summed E-state index contributed by atoms with van der Waals surface area (Å²) in [5.41, 5.74) is 0.380. The third kappa shape index (κ3) is 5.17. The van der Waals surface area contributed by atoms with E-state index in [1.54, 1.807) is 35.2 Å². The molecule has 0 aliphatic rings. The molecule has 0 spiro atoms. The van der Waals surface area contributed by atoms with Gasteiger partial charge in [0.05, 0.1) is 12.0 Å². The molecule has 6 heteroatoms. The standard InChI is InChI=1S/C19H22FNO4/c1-13(2)21(12-11-19(23)24)18(22)10-8-14-7-9-17(25-14)15-5-3-4-6-16(15)20/h3-7,9,13H,8,10-12H2,1-2H3,(H,23,24). The van der Waals surface area contributed by atoms with E-state index in [2.05, 4.69) is 0 Å². The lowest BCUT2D eigenvalue weighted by Gasteiger charge is -2.26. The quantitative estimate of drug-likeness (QED) is 0.790. The van der Waals surface area contributed by atoms with Crippen LogP contribution in [0.15, 0.2) is 40.8 Å². The normalized spacial score (nSPS) is 10.9. The predicted octanol–water partition coefficient (Wildman–Crippen LogP) is 3.73. The Kier molecular flexibility index (Phi) is 6.33. The van der Waals surface area contributed by atoms with Gasteiger partial charge in [0.2, 0.25) is 5.91 Å². The van der Waals surface area contributed by atoms with Gasteiger partial charge in [-0.2, -0.15) is 0 Å². The molecule has 25 heavy (non-hydrogen) atoms. The summed E-state index contributed by atoms with van der Waals surface area (Å²) in [6, 6.07) is 9.68. The molecule has 2 aromatic rings. The second-order valence-corrected chi connectivity index (χ2v) is 6.07. The van der Waals surface area contributed by atoms with Crippen LogP contribution in [0.5, 0.6) is 0 Å². The highest BCUT2D eigenvalue weighted by Gasteiger charge is 2.18. The maximum atomic E-state index is 13.8. The SMILES string of the molecule is CC(C)N(CCC(=O)O)C(=O)CCc1ccc(-c2ccccc2F)o1. The fourth-order valence-electron chi connectivity index (χ4n) is 2.58. The smallest absolute Gasteiger partial charge is 0.305 e. The monoisotopic (exact) mass is 347 g/mol. The number of hydrogen-bond acceptors (Lipinski definition) is 3. The molecule has 134 valence electrons. The molecule has 0 saturated carbocycles. The summed E-state index contributed by atoms with van der Waals surface area (Å²) in [5.74, 6) is -0.404. The van der Waals surface area contributed by atoms with Crippen molar-refractivity contribution in [2.24, 2.45) is 0 Å². The first-order valence-corrected chi connectivity index (χ1v) is 8.23. The number of halogens is 1. The molecular weight excluding hydrogens is 325 g/mol. The van der Waals surface area contributed by atoms with E-state index >= 15 is 0 Å². The van der Waals surface area contributed by atoms with Crippen LogP contribution in [0.4, 0.5) is 4.39 Å². The van der Waals surface area contributed by atoms with Gasteiger partial charge in [-0.25, -0.2) is 4.39 Å². The highest BCUT2D eigenvalue weighted by molar-refractivity contribution is 5.77. The van der Waals surface area contributed by atoms with Gasteiger partial charge >= 0.3 is 5.97 Å². The highest BCUT2D eigenvalue weighted by Crippen LogP contribution is 2.25. The number of carboxylic acid groups (broad SMARTS) is 1. The number of furan rings is 1. The molecule has 0 saturated heterocycles. The van der Waals surface area contributed by atoms with E-state index in [4.69, 9.17) is 9.52 Å². The van der Waals surface area contributed by atoms with Gasteiger partial charge in [0.15, 0.2) is 0 Å². The fraction of sp³-hybridized carbons (Fsp3) is 0.368.